The van der Waals surface area contributed by atoms with Gasteiger partial charge in [-0.2, -0.15) is 0 Å². The third-order valence-electron chi connectivity index (χ3n) is 5.03. The number of likely N-dealkylation sites (tertiary alicyclic amines) is 1. The lowest BCUT2D eigenvalue weighted by Crippen LogP contribution is -2.43. The zero-order chi connectivity index (χ0) is 17.0. The second kappa shape index (κ2) is 5.15. The summed E-state index contributed by atoms with van der Waals surface area (Å²) in [5.41, 5.74) is 1.71. The van der Waals surface area contributed by atoms with Gasteiger partial charge in [-0.1, -0.05) is 6.08 Å². The van der Waals surface area contributed by atoms with Gasteiger partial charge in [0.05, 0.1) is 30.4 Å². The number of carbonyl (C=O) groups is 3. The van der Waals surface area contributed by atoms with E-state index in [-0.39, 0.29) is 24.5 Å². The summed E-state index contributed by atoms with van der Waals surface area (Å²) in [4.78, 5) is 43.0. The van der Waals surface area contributed by atoms with Crippen LogP contribution < -0.4 is 5.32 Å². The Labute approximate surface area is 138 Å². The summed E-state index contributed by atoms with van der Waals surface area (Å²) >= 11 is 0. The van der Waals surface area contributed by atoms with Crippen molar-refractivity contribution in [2.75, 3.05) is 19.0 Å². The topological polar surface area (TPSA) is 88.6 Å². The van der Waals surface area contributed by atoms with Gasteiger partial charge in [0.1, 0.15) is 5.82 Å². The van der Waals surface area contributed by atoms with Gasteiger partial charge < -0.3 is 10.1 Å². The summed E-state index contributed by atoms with van der Waals surface area (Å²) in [7, 11) is 1.46. The van der Waals surface area contributed by atoms with Crippen LogP contribution in [0.15, 0.2) is 24.4 Å². The number of amides is 2. The fraction of sp³-hybridized carbons (Fsp3) is 0.412. The molecule has 4 rings (SSSR count). The van der Waals surface area contributed by atoms with Crippen LogP contribution in [0, 0.1) is 17.8 Å². The average molecular weight is 327 g/mol. The minimum Gasteiger partial charge on any atom is -0.466 e. The Kier molecular flexibility index (Phi) is 3.19. The van der Waals surface area contributed by atoms with Crippen molar-refractivity contribution in [3.8, 4) is 0 Å². The van der Waals surface area contributed by atoms with Crippen molar-refractivity contribution < 1.29 is 19.1 Å². The number of nitrogens with one attached hydrogen (secondary N) is 1. The molecular weight excluding hydrogens is 310 g/mol. The van der Waals surface area contributed by atoms with Gasteiger partial charge in [0.2, 0.25) is 11.8 Å². The van der Waals surface area contributed by atoms with Crippen molar-refractivity contribution >= 4 is 29.2 Å². The first-order chi connectivity index (χ1) is 11.5. The van der Waals surface area contributed by atoms with Crippen LogP contribution in [0.1, 0.15) is 12.5 Å². The van der Waals surface area contributed by atoms with E-state index < -0.39 is 23.7 Å². The van der Waals surface area contributed by atoms with E-state index in [2.05, 4.69) is 10.3 Å². The van der Waals surface area contributed by atoms with Crippen LogP contribution in [0.25, 0.3) is 5.57 Å². The summed E-state index contributed by atoms with van der Waals surface area (Å²) in [5, 5.41) is 3.24. The minimum atomic E-state index is -0.754. The van der Waals surface area contributed by atoms with Crippen molar-refractivity contribution in [2.24, 2.45) is 17.8 Å². The first kappa shape index (κ1) is 14.9. The molecule has 1 aliphatic carbocycles. The number of aromatic nitrogens is 1. The molecule has 7 nitrogen and oxygen atoms in total. The second-order valence-corrected chi connectivity index (χ2v) is 6.21. The highest BCUT2D eigenvalue weighted by atomic mass is 16.5. The lowest BCUT2D eigenvalue weighted by atomic mass is 9.71. The molecule has 3 heterocycles. The predicted octanol–water partition coefficient (Wildman–Crippen LogP) is 0.683. The molecule has 7 heteroatoms. The van der Waals surface area contributed by atoms with Gasteiger partial charge in [-0.15, -0.1) is 0 Å². The van der Waals surface area contributed by atoms with E-state index in [1.54, 1.807) is 19.2 Å². The number of imide groups is 1. The second-order valence-electron chi connectivity index (χ2n) is 6.21. The highest BCUT2D eigenvalue weighted by Gasteiger charge is 2.58. The molecule has 0 radical (unpaired) electrons. The number of carbonyl (C=O) groups excluding carboxylic acids is 3. The normalized spacial score (nSPS) is 30.2. The Morgan fingerprint density at radius 3 is 2.83 bits per heavy atom. The first-order valence-electron chi connectivity index (χ1n) is 7.96. The molecule has 4 unspecified atom stereocenters. The van der Waals surface area contributed by atoms with Gasteiger partial charge in [-0.25, -0.2) is 4.98 Å². The number of pyridine rings is 1. The molecule has 4 atom stereocenters. The largest absolute Gasteiger partial charge is 0.466 e. The molecule has 2 amide bonds. The van der Waals surface area contributed by atoms with E-state index >= 15 is 0 Å². The van der Waals surface area contributed by atoms with E-state index in [9.17, 15) is 14.4 Å². The van der Waals surface area contributed by atoms with E-state index in [1.807, 2.05) is 12.1 Å². The first-order valence-corrected chi connectivity index (χ1v) is 7.96. The third-order valence-corrected chi connectivity index (χ3v) is 5.03. The molecule has 0 saturated carbocycles. The molecule has 24 heavy (non-hydrogen) atoms. The van der Waals surface area contributed by atoms with Gasteiger partial charge in [0.15, 0.2) is 0 Å². The molecule has 0 bridgehead atoms. The minimum absolute atomic E-state index is 0.230. The van der Waals surface area contributed by atoms with Crippen molar-refractivity contribution in [3.05, 3.63) is 30.0 Å². The molecule has 0 spiro atoms. The number of hydrogen-bond acceptors (Lipinski definition) is 6. The molecule has 1 fully saturated rings. The van der Waals surface area contributed by atoms with Gasteiger partial charge >= 0.3 is 5.97 Å². The molecule has 1 aromatic heterocycles. The lowest BCUT2D eigenvalue weighted by molar-refractivity contribution is -0.151. The highest BCUT2D eigenvalue weighted by molar-refractivity contribution is 6.10. The van der Waals surface area contributed by atoms with Crippen LogP contribution in [-0.4, -0.2) is 47.4 Å². The van der Waals surface area contributed by atoms with E-state index in [0.29, 0.717) is 5.82 Å². The van der Waals surface area contributed by atoms with Crippen molar-refractivity contribution in [1.82, 2.24) is 9.88 Å². The number of fused-ring (bicyclic) bond motifs is 5. The van der Waals surface area contributed by atoms with Crippen LogP contribution in [0.5, 0.6) is 0 Å². The standard InChI is InChI=1S/C17H17N3O4/c1-3-24-17(23)10-7-9-8-5-4-6-18-14(8)19-13(9)12-11(10)15(21)20(2)16(12)22/h4-7,10-13H,3H2,1-2H3,(H,18,19). The predicted molar refractivity (Wildman–Crippen MR) is 84.5 cm³/mol. The van der Waals surface area contributed by atoms with E-state index in [4.69, 9.17) is 4.74 Å². The van der Waals surface area contributed by atoms with Crippen LogP contribution in [0.2, 0.25) is 0 Å². The Hall–Kier alpha value is -2.70. The maximum atomic E-state index is 12.6. The van der Waals surface area contributed by atoms with Crippen LogP contribution in [0.4, 0.5) is 5.82 Å². The Balaban J connectivity index is 1.85. The van der Waals surface area contributed by atoms with Crippen molar-refractivity contribution in [2.45, 2.75) is 13.0 Å². The smallest absolute Gasteiger partial charge is 0.313 e. The van der Waals surface area contributed by atoms with Gasteiger partial charge in [-0.3, -0.25) is 19.3 Å². The fourth-order valence-electron chi connectivity index (χ4n) is 3.96. The number of nitrogens with zero attached hydrogens (tertiary/aromatic N) is 2. The van der Waals surface area contributed by atoms with E-state index in [1.165, 1.54) is 7.05 Å². The van der Waals surface area contributed by atoms with Crippen LogP contribution in [0.3, 0.4) is 0 Å². The van der Waals surface area contributed by atoms with Crippen molar-refractivity contribution in [3.63, 3.8) is 0 Å². The van der Waals surface area contributed by atoms with Gasteiger partial charge in [0, 0.05) is 18.8 Å². The van der Waals surface area contributed by atoms with Crippen LogP contribution in [-0.2, 0) is 19.1 Å². The van der Waals surface area contributed by atoms with Gasteiger partial charge in [-0.05, 0) is 24.6 Å². The molecule has 1 aromatic rings. The lowest BCUT2D eigenvalue weighted by Gasteiger charge is -2.31. The third kappa shape index (κ3) is 1.84. The number of ether oxygens (including phenoxy) is 1. The Morgan fingerprint density at radius 1 is 1.33 bits per heavy atom. The van der Waals surface area contributed by atoms with E-state index in [0.717, 1.165) is 16.0 Å². The molecule has 124 valence electrons. The summed E-state index contributed by atoms with van der Waals surface area (Å²) in [6, 6.07) is 3.37. The monoisotopic (exact) mass is 327 g/mol. The summed E-state index contributed by atoms with van der Waals surface area (Å²) in [6.07, 6.45) is 3.44. The molecule has 1 saturated heterocycles. The molecule has 0 aromatic carbocycles. The SMILES string of the molecule is CCOC(=O)C1C=C2c3cccnc3NC2C2C(=O)N(C)C(=O)C12. The zero-order valence-electron chi connectivity index (χ0n) is 13.4. The molecule has 3 aliphatic rings. The van der Waals surface area contributed by atoms with Gasteiger partial charge in [0.25, 0.3) is 0 Å². The summed E-state index contributed by atoms with van der Waals surface area (Å²) in [5.74, 6) is -2.49. The Bertz CT molecular complexity index is 788. The fourth-order valence-corrected chi connectivity index (χ4v) is 3.96. The number of rotatable bonds is 2. The number of esters is 1. The maximum absolute atomic E-state index is 12.6. The average Bonchev–Trinajstić information content (AvgIpc) is 3.06. The molecule has 1 N–H and O–H groups in total. The number of anilines is 1. The quantitative estimate of drug-likeness (QED) is 0.635. The number of hydrogen-bond donors (Lipinski definition) is 1. The summed E-state index contributed by atoms with van der Waals surface area (Å²) in [6.45, 7) is 1.95. The Morgan fingerprint density at radius 2 is 2.08 bits per heavy atom. The zero-order valence-corrected chi connectivity index (χ0v) is 13.4. The summed E-state index contributed by atoms with van der Waals surface area (Å²) < 4.78 is 5.14. The molecule has 2 aliphatic heterocycles. The maximum Gasteiger partial charge on any atom is 0.313 e. The molecular formula is C17H17N3O4. The van der Waals surface area contributed by atoms with Crippen molar-refractivity contribution in [1.29, 1.82) is 0 Å². The highest BCUT2D eigenvalue weighted by Crippen LogP contribution is 2.49. The van der Waals surface area contributed by atoms with Crippen LogP contribution >= 0.6 is 0 Å².